The zero-order valence-electron chi connectivity index (χ0n) is 14.1. The number of nitrogens with zero attached hydrogens (tertiary/aromatic N) is 2. The van der Waals surface area contributed by atoms with Gasteiger partial charge in [-0.3, -0.25) is 4.99 Å². The van der Waals surface area contributed by atoms with Crippen molar-refractivity contribution in [1.29, 1.82) is 0 Å². The zero-order chi connectivity index (χ0) is 16.0. The minimum atomic E-state index is 0.186. The number of hydrogen-bond acceptors (Lipinski definition) is 3. The summed E-state index contributed by atoms with van der Waals surface area (Å²) >= 11 is 0. The number of aliphatic imine (C=N–C) groups is 1. The van der Waals surface area contributed by atoms with Crippen LogP contribution in [0.5, 0.6) is 5.75 Å². The van der Waals surface area contributed by atoms with Gasteiger partial charge in [0.1, 0.15) is 5.75 Å². The molecule has 0 atom stereocenters. The number of guanidine groups is 1. The molecular weight excluding hydrogens is 278 g/mol. The van der Waals surface area contributed by atoms with Gasteiger partial charge in [-0.1, -0.05) is 25.1 Å². The Hall–Kier alpha value is -1.75. The van der Waals surface area contributed by atoms with Gasteiger partial charge in [-0.25, -0.2) is 0 Å². The van der Waals surface area contributed by atoms with Gasteiger partial charge in [-0.15, -0.1) is 0 Å². The Bertz CT molecular complexity index is 512. The number of hydrogen-bond donors (Lipinski definition) is 1. The van der Waals surface area contributed by atoms with Gasteiger partial charge in [0, 0.05) is 31.1 Å². The molecule has 0 bridgehead atoms. The molecule has 0 spiro atoms. The second-order valence-corrected chi connectivity index (χ2v) is 6.14. The van der Waals surface area contributed by atoms with E-state index in [4.69, 9.17) is 14.5 Å². The molecule has 0 aliphatic carbocycles. The summed E-state index contributed by atoms with van der Waals surface area (Å²) in [6, 6.07) is 8.08. The predicted molar refractivity (Wildman–Crippen MR) is 89.4 cm³/mol. The minimum Gasteiger partial charge on any atom is -0.496 e. The molecule has 1 aliphatic rings. The van der Waals surface area contributed by atoms with Gasteiger partial charge in [-0.2, -0.15) is 0 Å². The quantitative estimate of drug-likeness (QED) is 0.646. The van der Waals surface area contributed by atoms with Crippen LogP contribution in [0.1, 0.15) is 19.4 Å². The average molecular weight is 305 g/mol. The topological polar surface area (TPSA) is 46.1 Å². The van der Waals surface area contributed by atoms with Gasteiger partial charge in [0.2, 0.25) is 0 Å². The molecule has 0 saturated carbocycles. The van der Waals surface area contributed by atoms with E-state index < -0.39 is 0 Å². The Morgan fingerprint density at radius 1 is 1.41 bits per heavy atom. The van der Waals surface area contributed by atoms with Crippen LogP contribution in [-0.2, 0) is 11.3 Å². The molecule has 1 aromatic rings. The van der Waals surface area contributed by atoms with Gasteiger partial charge in [0.05, 0.1) is 26.9 Å². The van der Waals surface area contributed by atoms with Gasteiger partial charge in [0.15, 0.2) is 5.96 Å². The van der Waals surface area contributed by atoms with E-state index in [1.165, 1.54) is 0 Å². The summed E-state index contributed by atoms with van der Waals surface area (Å²) in [5.41, 5.74) is 1.34. The fraction of sp³-hybridized carbons (Fsp3) is 0.588. The first-order valence-electron chi connectivity index (χ1n) is 7.77. The van der Waals surface area contributed by atoms with Gasteiger partial charge in [-0.05, 0) is 13.0 Å². The van der Waals surface area contributed by atoms with Crippen LogP contribution in [0.4, 0.5) is 0 Å². The lowest BCUT2D eigenvalue weighted by atomic mass is 9.89. The highest BCUT2D eigenvalue weighted by molar-refractivity contribution is 5.79. The first kappa shape index (κ1) is 16.6. The first-order chi connectivity index (χ1) is 10.6. The molecule has 0 amide bonds. The molecule has 122 valence electrons. The summed E-state index contributed by atoms with van der Waals surface area (Å²) in [6.45, 7) is 8.28. The number of ether oxygens (including phenoxy) is 2. The standard InChI is InChI=1S/C17H27N3O2/c1-5-18-16(19-11-17(2)12-22-13-17)20(3)10-14-8-6-7-9-15(14)21-4/h6-9H,5,10-13H2,1-4H3,(H,18,19). The highest BCUT2D eigenvalue weighted by Crippen LogP contribution is 2.26. The molecule has 5 nitrogen and oxygen atoms in total. The van der Waals surface area contributed by atoms with Crippen LogP contribution in [0.3, 0.4) is 0 Å². The van der Waals surface area contributed by atoms with Crippen LogP contribution >= 0.6 is 0 Å². The fourth-order valence-electron chi connectivity index (χ4n) is 2.44. The van der Waals surface area contributed by atoms with Crippen molar-refractivity contribution in [3.63, 3.8) is 0 Å². The summed E-state index contributed by atoms with van der Waals surface area (Å²) < 4.78 is 10.7. The van der Waals surface area contributed by atoms with Crippen molar-refractivity contribution in [3.8, 4) is 5.75 Å². The van der Waals surface area contributed by atoms with E-state index in [-0.39, 0.29) is 5.41 Å². The Balaban J connectivity index is 2.05. The molecule has 0 aromatic heterocycles. The monoisotopic (exact) mass is 305 g/mol. The van der Waals surface area contributed by atoms with Gasteiger partial charge in [0.25, 0.3) is 0 Å². The van der Waals surface area contributed by atoms with Crippen molar-refractivity contribution in [2.75, 3.05) is 40.5 Å². The minimum absolute atomic E-state index is 0.186. The average Bonchev–Trinajstić information content (AvgIpc) is 2.50. The Morgan fingerprint density at radius 3 is 2.73 bits per heavy atom. The molecule has 1 fully saturated rings. The number of methoxy groups -OCH3 is 1. The van der Waals surface area contributed by atoms with Crippen molar-refractivity contribution < 1.29 is 9.47 Å². The van der Waals surface area contributed by atoms with E-state index in [2.05, 4.69) is 30.1 Å². The van der Waals surface area contributed by atoms with Crippen LogP contribution in [-0.4, -0.2) is 51.3 Å². The van der Waals surface area contributed by atoms with Crippen LogP contribution < -0.4 is 10.1 Å². The lowest BCUT2D eigenvalue weighted by Crippen LogP contribution is -2.44. The highest BCUT2D eigenvalue weighted by atomic mass is 16.5. The molecule has 0 unspecified atom stereocenters. The van der Waals surface area contributed by atoms with Crippen molar-refractivity contribution in [2.45, 2.75) is 20.4 Å². The largest absolute Gasteiger partial charge is 0.496 e. The number of para-hydroxylation sites is 1. The Kier molecular flexibility index (Phi) is 5.66. The summed E-state index contributed by atoms with van der Waals surface area (Å²) in [5, 5.41) is 3.36. The van der Waals surface area contributed by atoms with Crippen LogP contribution in [0.2, 0.25) is 0 Å². The van der Waals surface area contributed by atoms with Crippen LogP contribution in [0.25, 0.3) is 0 Å². The fourth-order valence-corrected chi connectivity index (χ4v) is 2.44. The summed E-state index contributed by atoms with van der Waals surface area (Å²) in [6.07, 6.45) is 0. The summed E-state index contributed by atoms with van der Waals surface area (Å²) in [7, 11) is 3.75. The third kappa shape index (κ3) is 4.13. The SMILES string of the molecule is CCNC(=NCC1(C)COC1)N(C)Cc1ccccc1OC. The van der Waals surface area contributed by atoms with E-state index >= 15 is 0 Å². The number of benzene rings is 1. The molecule has 22 heavy (non-hydrogen) atoms. The van der Waals surface area contributed by atoms with E-state index in [0.717, 1.165) is 50.1 Å². The highest BCUT2D eigenvalue weighted by Gasteiger charge is 2.33. The van der Waals surface area contributed by atoms with E-state index in [1.807, 2.05) is 25.2 Å². The molecule has 5 heteroatoms. The van der Waals surface area contributed by atoms with Crippen molar-refractivity contribution in [2.24, 2.45) is 10.4 Å². The summed E-state index contributed by atoms with van der Waals surface area (Å²) in [4.78, 5) is 6.90. The van der Waals surface area contributed by atoms with Gasteiger partial charge < -0.3 is 19.7 Å². The molecule has 1 N–H and O–H groups in total. The second kappa shape index (κ2) is 7.49. The maximum atomic E-state index is 5.42. The predicted octanol–water partition coefficient (Wildman–Crippen LogP) is 2.13. The second-order valence-electron chi connectivity index (χ2n) is 6.14. The Morgan fingerprint density at radius 2 is 2.14 bits per heavy atom. The molecule has 1 aliphatic heterocycles. The lowest BCUT2D eigenvalue weighted by Gasteiger charge is -2.37. The lowest BCUT2D eigenvalue weighted by molar-refractivity contribution is -0.0946. The van der Waals surface area contributed by atoms with Crippen LogP contribution in [0.15, 0.2) is 29.3 Å². The maximum absolute atomic E-state index is 5.42. The molecule has 1 saturated heterocycles. The van der Waals surface area contributed by atoms with Gasteiger partial charge >= 0.3 is 0 Å². The number of nitrogens with one attached hydrogen (secondary N) is 1. The molecule has 2 rings (SSSR count). The van der Waals surface area contributed by atoms with Crippen molar-refractivity contribution >= 4 is 5.96 Å². The first-order valence-corrected chi connectivity index (χ1v) is 7.77. The third-order valence-electron chi connectivity index (χ3n) is 3.81. The molecule has 1 heterocycles. The van der Waals surface area contributed by atoms with E-state index in [9.17, 15) is 0 Å². The zero-order valence-corrected chi connectivity index (χ0v) is 14.1. The summed E-state index contributed by atoms with van der Waals surface area (Å²) in [5.74, 6) is 1.83. The molecule has 0 radical (unpaired) electrons. The van der Waals surface area contributed by atoms with E-state index in [1.54, 1.807) is 7.11 Å². The van der Waals surface area contributed by atoms with Crippen LogP contribution in [0, 0.1) is 5.41 Å². The van der Waals surface area contributed by atoms with Crippen molar-refractivity contribution in [3.05, 3.63) is 29.8 Å². The van der Waals surface area contributed by atoms with E-state index in [0.29, 0.717) is 0 Å². The third-order valence-corrected chi connectivity index (χ3v) is 3.81. The normalized spacial score (nSPS) is 16.8. The van der Waals surface area contributed by atoms with Crippen molar-refractivity contribution in [1.82, 2.24) is 10.2 Å². The molecular formula is C17H27N3O2. The number of rotatable bonds is 6. The maximum Gasteiger partial charge on any atom is 0.193 e. The smallest absolute Gasteiger partial charge is 0.193 e. The Labute approximate surface area is 133 Å². The molecule has 1 aromatic carbocycles.